The van der Waals surface area contributed by atoms with Crippen molar-refractivity contribution in [1.29, 1.82) is 5.41 Å². The molecular formula is C8H17N3O2. The topological polar surface area (TPSA) is 82.6 Å². The quantitative estimate of drug-likeness (QED) is 0.391. The zero-order valence-corrected chi connectivity index (χ0v) is 7.86. The van der Waals surface area contributed by atoms with Crippen molar-refractivity contribution in [2.24, 2.45) is 5.73 Å². The fourth-order valence-electron chi connectivity index (χ4n) is 1.40. The molecule has 5 nitrogen and oxygen atoms in total. The number of amidine groups is 1. The molecule has 2 unspecified atom stereocenters. The average Bonchev–Trinajstić information content (AvgIpc) is 2.16. The Hall–Kier alpha value is -0.650. The van der Waals surface area contributed by atoms with Crippen LogP contribution in [0.4, 0.5) is 0 Å². The van der Waals surface area contributed by atoms with Gasteiger partial charge in [-0.3, -0.25) is 10.3 Å². The summed E-state index contributed by atoms with van der Waals surface area (Å²) in [6, 6.07) is -0.0575. The Balaban J connectivity index is 2.46. The number of morpholine rings is 1. The van der Waals surface area contributed by atoms with Gasteiger partial charge >= 0.3 is 0 Å². The van der Waals surface area contributed by atoms with E-state index in [9.17, 15) is 0 Å². The van der Waals surface area contributed by atoms with Crippen LogP contribution in [0.5, 0.6) is 0 Å². The van der Waals surface area contributed by atoms with Crippen LogP contribution in [0, 0.1) is 5.41 Å². The molecule has 0 aromatic rings. The summed E-state index contributed by atoms with van der Waals surface area (Å²) >= 11 is 0. The Kier molecular flexibility index (Phi) is 3.65. The SMILES string of the molecule is CC(C(=N)N)N1CCOC(CO)C1. The molecule has 0 aliphatic carbocycles. The van der Waals surface area contributed by atoms with E-state index in [2.05, 4.69) is 0 Å². The van der Waals surface area contributed by atoms with Crippen LogP contribution < -0.4 is 5.73 Å². The summed E-state index contributed by atoms with van der Waals surface area (Å²) in [5, 5.41) is 16.2. The highest BCUT2D eigenvalue weighted by atomic mass is 16.5. The van der Waals surface area contributed by atoms with Gasteiger partial charge in [-0.05, 0) is 6.92 Å². The fraction of sp³-hybridized carbons (Fsp3) is 0.875. The molecule has 0 aromatic carbocycles. The third kappa shape index (κ3) is 2.65. The van der Waals surface area contributed by atoms with Gasteiger partial charge in [0.05, 0.1) is 25.4 Å². The molecule has 5 heteroatoms. The molecule has 1 heterocycles. The van der Waals surface area contributed by atoms with Crippen molar-refractivity contribution in [3.8, 4) is 0 Å². The second-order valence-electron chi connectivity index (χ2n) is 3.30. The summed E-state index contributed by atoms with van der Waals surface area (Å²) in [6.07, 6.45) is -0.129. The number of nitrogens with zero attached hydrogens (tertiary/aromatic N) is 1. The van der Waals surface area contributed by atoms with E-state index in [4.69, 9.17) is 21.0 Å². The molecule has 1 rings (SSSR count). The minimum Gasteiger partial charge on any atom is -0.394 e. The van der Waals surface area contributed by atoms with Crippen LogP contribution >= 0.6 is 0 Å². The van der Waals surface area contributed by atoms with Crippen LogP contribution in [-0.2, 0) is 4.74 Å². The van der Waals surface area contributed by atoms with Gasteiger partial charge in [-0.15, -0.1) is 0 Å². The highest BCUT2D eigenvalue weighted by molar-refractivity contribution is 5.82. The van der Waals surface area contributed by atoms with Gasteiger partial charge in [-0.25, -0.2) is 0 Å². The van der Waals surface area contributed by atoms with Gasteiger partial charge in [0.15, 0.2) is 0 Å². The molecule has 0 radical (unpaired) electrons. The van der Waals surface area contributed by atoms with E-state index in [0.717, 1.165) is 6.54 Å². The lowest BCUT2D eigenvalue weighted by atomic mass is 10.2. The van der Waals surface area contributed by atoms with E-state index < -0.39 is 0 Å². The number of nitrogens with one attached hydrogen (secondary N) is 1. The summed E-state index contributed by atoms with van der Waals surface area (Å²) in [5.41, 5.74) is 5.39. The van der Waals surface area contributed by atoms with Crippen molar-refractivity contribution in [1.82, 2.24) is 4.90 Å². The molecule has 76 valence electrons. The predicted molar refractivity (Wildman–Crippen MR) is 49.8 cm³/mol. The van der Waals surface area contributed by atoms with Gasteiger partial charge in [0.1, 0.15) is 5.84 Å². The number of rotatable bonds is 3. The predicted octanol–water partition coefficient (Wildman–Crippen LogP) is -0.996. The normalized spacial score (nSPS) is 27.1. The van der Waals surface area contributed by atoms with Crippen molar-refractivity contribution in [3.63, 3.8) is 0 Å². The molecule has 1 fully saturated rings. The average molecular weight is 187 g/mol. The summed E-state index contributed by atoms with van der Waals surface area (Å²) < 4.78 is 5.28. The molecule has 4 N–H and O–H groups in total. The van der Waals surface area contributed by atoms with E-state index in [-0.39, 0.29) is 24.6 Å². The van der Waals surface area contributed by atoms with Crippen molar-refractivity contribution in [2.45, 2.75) is 19.1 Å². The Labute approximate surface area is 78.0 Å². The van der Waals surface area contributed by atoms with Crippen LogP contribution in [0.2, 0.25) is 0 Å². The molecule has 0 saturated carbocycles. The molecule has 1 saturated heterocycles. The summed E-state index contributed by atoms with van der Waals surface area (Å²) in [4.78, 5) is 2.05. The Morgan fingerprint density at radius 1 is 1.85 bits per heavy atom. The highest BCUT2D eigenvalue weighted by Gasteiger charge is 2.24. The maximum atomic E-state index is 8.89. The second-order valence-corrected chi connectivity index (χ2v) is 3.30. The summed E-state index contributed by atoms with van der Waals surface area (Å²) in [5.74, 6) is 0.165. The van der Waals surface area contributed by atoms with Crippen molar-refractivity contribution >= 4 is 5.84 Å². The molecule has 0 spiro atoms. The molecule has 13 heavy (non-hydrogen) atoms. The van der Waals surface area contributed by atoms with Crippen LogP contribution in [0.3, 0.4) is 0 Å². The first kappa shape index (κ1) is 10.4. The van der Waals surface area contributed by atoms with Gasteiger partial charge < -0.3 is 15.6 Å². The molecule has 0 aromatic heterocycles. The van der Waals surface area contributed by atoms with E-state index in [0.29, 0.717) is 13.2 Å². The minimum atomic E-state index is -0.129. The van der Waals surface area contributed by atoms with Crippen LogP contribution in [0.15, 0.2) is 0 Å². The van der Waals surface area contributed by atoms with Crippen molar-refractivity contribution in [2.75, 3.05) is 26.3 Å². The third-order valence-corrected chi connectivity index (χ3v) is 2.37. The maximum Gasteiger partial charge on any atom is 0.108 e. The van der Waals surface area contributed by atoms with E-state index >= 15 is 0 Å². The van der Waals surface area contributed by atoms with E-state index in [1.807, 2.05) is 11.8 Å². The highest BCUT2D eigenvalue weighted by Crippen LogP contribution is 2.08. The van der Waals surface area contributed by atoms with Crippen molar-refractivity contribution in [3.05, 3.63) is 0 Å². The zero-order valence-electron chi connectivity index (χ0n) is 7.86. The molecule has 1 aliphatic heterocycles. The number of aliphatic hydroxyl groups is 1. The van der Waals surface area contributed by atoms with Gasteiger partial charge in [-0.2, -0.15) is 0 Å². The molecule has 2 atom stereocenters. The van der Waals surface area contributed by atoms with Crippen LogP contribution in [-0.4, -0.2) is 54.3 Å². The second kappa shape index (κ2) is 4.55. The smallest absolute Gasteiger partial charge is 0.108 e. The first-order valence-corrected chi connectivity index (χ1v) is 4.45. The Morgan fingerprint density at radius 3 is 3.08 bits per heavy atom. The van der Waals surface area contributed by atoms with Gasteiger partial charge in [0.2, 0.25) is 0 Å². The zero-order chi connectivity index (χ0) is 9.84. The first-order valence-electron chi connectivity index (χ1n) is 4.45. The van der Waals surface area contributed by atoms with E-state index in [1.54, 1.807) is 0 Å². The first-order chi connectivity index (χ1) is 6.15. The summed E-state index contributed by atoms with van der Waals surface area (Å²) in [7, 11) is 0. The number of aliphatic hydroxyl groups excluding tert-OH is 1. The van der Waals surface area contributed by atoms with Crippen LogP contribution in [0.25, 0.3) is 0 Å². The number of nitrogens with two attached hydrogens (primary N) is 1. The van der Waals surface area contributed by atoms with E-state index in [1.165, 1.54) is 0 Å². The number of ether oxygens (including phenoxy) is 1. The standard InChI is InChI=1S/C8H17N3O2/c1-6(8(9)10)11-2-3-13-7(4-11)5-12/h6-7,12H,2-5H2,1H3,(H3,9,10). The van der Waals surface area contributed by atoms with Gasteiger partial charge in [0.25, 0.3) is 0 Å². The minimum absolute atomic E-state index is 0.0289. The lowest BCUT2D eigenvalue weighted by Gasteiger charge is -2.35. The largest absolute Gasteiger partial charge is 0.394 e. The van der Waals surface area contributed by atoms with Gasteiger partial charge in [-0.1, -0.05) is 0 Å². The Morgan fingerprint density at radius 2 is 2.54 bits per heavy atom. The Bertz CT molecular complexity index is 186. The third-order valence-electron chi connectivity index (χ3n) is 2.37. The van der Waals surface area contributed by atoms with Gasteiger partial charge in [0, 0.05) is 13.1 Å². The number of hydrogen-bond acceptors (Lipinski definition) is 4. The lowest BCUT2D eigenvalue weighted by Crippen LogP contribution is -2.51. The molecule has 1 aliphatic rings. The van der Waals surface area contributed by atoms with Crippen molar-refractivity contribution < 1.29 is 9.84 Å². The lowest BCUT2D eigenvalue weighted by molar-refractivity contribution is -0.0565. The maximum absolute atomic E-state index is 8.89. The molecule has 0 amide bonds. The van der Waals surface area contributed by atoms with Crippen LogP contribution in [0.1, 0.15) is 6.92 Å². The monoisotopic (exact) mass is 187 g/mol. The number of hydrogen-bond donors (Lipinski definition) is 3. The molecular weight excluding hydrogens is 170 g/mol. The summed E-state index contributed by atoms with van der Waals surface area (Å²) in [6.45, 7) is 3.94. The molecule has 0 bridgehead atoms. The fourth-order valence-corrected chi connectivity index (χ4v) is 1.40.